The van der Waals surface area contributed by atoms with Gasteiger partial charge in [0, 0.05) is 43.4 Å². The maximum Gasteiger partial charge on any atom is 0.250 e. The number of amides is 1. The van der Waals surface area contributed by atoms with Gasteiger partial charge in [0.2, 0.25) is 5.91 Å². The lowest BCUT2D eigenvalue weighted by molar-refractivity contribution is -0.113. The second-order valence-electron chi connectivity index (χ2n) is 7.77. The number of carbonyl (C=O) groups excluding carboxylic acids is 1. The Bertz CT molecular complexity index is 1060. The van der Waals surface area contributed by atoms with Crippen molar-refractivity contribution in [3.05, 3.63) is 52.4 Å². The number of hydrogen-bond donors (Lipinski definition) is 1. The number of benzene rings is 1. The maximum absolute atomic E-state index is 12.5. The van der Waals surface area contributed by atoms with Gasteiger partial charge in [0.25, 0.3) is 5.56 Å². The summed E-state index contributed by atoms with van der Waals surface area (Å²) in [6, 6.07) is 10.7. The van der Waals surface area contributed by atoms with E-state index in [9.17, 15) is 9.59 Å². The minimum Gasteiger partial charge on any atom is -0.497 e. The molecule has 1 N–H and O–H groups in total. The molecule has 2 aliphatic heterocycles. The minimum atomic E-state index is -0.148. The molecule has 9 heteroatoms. The quantitative estimate of drug-likeness (QED) is 0.689. The summed E-state index contributed by atoms with van der Waals surface area (Å²) < 4.78 is 13.1. The molecule has 0 spiro atoms. The highest BCUT2D eigenvalue weighted by Crippen LogP contribution is 2.36. The average molecular weight is 460 g/mol. The summed E-state index contributed by atoms with van der Waals surface area (Å²) in [5, 5.41) is 2.87. The lowest BCUT2D eigenvalue weighted by atomic mass is 9.83. The summed E-state index contributed by atoms with van der Waals surface area (Å²) >= 11 is 7.01. The summed E-state index contributed by atoms with van der Waals surface area (Å²) in [5.74, 6) is 1.95. The first-order chi connectivity index (χ1) is 15.0. The first-order valence-corrected chi connectivity index (χ1v) is 11.5. The molecule has 1 aromatic heterocycles. The average Bonchev–Trinajstić information content (AvgIpc) is 2.78. The van der Waals surface area contributed by atoms with Crippen LogP contribution in [0.4, 0.5) is 5.69 Å². The zero-order chi connectivity index (χ0) is 22.0. The molecule has 164 valence electrons. The van der Waals surface area contributed by atoms with Gasteiger partial charge in [-0.25, -0.2) is 0 Å². The molecule has 31 heavy (non-hydrogen) atoms. The summed E-state index contributed by atoms with van der Waals surface area (Å²) in [6.07, 6.45) is 1.07. The molecule has 2 atom stereocenters. The number of nitrogens with zero attached hydrogens (tertiary/aromatic N) is 2. The van der Waals surface area contributed by atoms with Crippen molar-refractivity contribution in [2.75, 3.05) is 38.4 Å². The first kappa shape index (κ1) is 21.7. The van der Waals surface area contributed by atoms with Crippen LogP contribution in [0.5, 0.6) is 11.5 Å². The Morgan fingerprint density at radius 3 is 2.81 bits per heavy atom. The molecule has 4 rings (SSSR count). The number of likely N-dealkylation sites (tertiary alicyclic amines) is 1. The van der Waals surface area contributed by atoms with Crippen molar-refractivity contribution in [2.45, 2.75) is 18.9 Å². The van der Waals surface area contributed by atoms with Crippen LogP contribution in [0.1, 0.15) is 18.0 Å². The Balaban J connectivity index is 1.35. The molecule has 1 aromatic carbocycles. The van der Waals surface area contributed by atoms with Gasteiger partial charge in [0.1, 0.15) is 15.8 Å². The second-order valence-corrected chi connectivity index (χ2v) is 9.38. The van der Waals surface area contributed by atoms with Crippen LogP contribution in [-0.4, -0.2) is 52.8 Å². The SMILES string of the molecule is COc1ccc(NC(=O)CSC(=S)N2C[C@@H]3C[C@H](C2)c2cccc(=O)n2C3)c(OC)c1. The van der Waals surface area contributed by atoms with Gasteiger partial charge in [-0.05, 0) is 30.5 Å². The van der Waals surface area contributed by atoms with Gasteiger partial charge in [-0.3, -0.25) is 9.59 Å². The number of methoxy groups -OCH3 is 2. The van der Waals surface area contributed by atoms with Crippen molar-refractivity contribution in [3.8, 4) is 11.5 Å². The van der Waals surface area contributed by atoms with Gasteiger partial charge in [-0.2, -0.15) is 0 Å². The smallest absolute Gasteiger partial charge is 0.250 e. The molecule has 2 aliphatic rings. The van der Waals surface area contributed by atoms with Crippen molar-refractivity contribution in [3.63, 3.8) is 0 Å². The number of aromatic nitrogens is 1. The highest BCUT2D eigenvalue weighted by atomic mass is 32.2. The number of hydrogen-bond acceptors (Lipinski definition) is 6. The molecule has 0 radical (unpaired) electrons. The number of carbonyl (C=O) groups is 1. The highest BCUT2D eigenvalue weighted by Gasteiger charge is 2.35. The number of ether oxygens (including phenoxy) is 2. The predicted octanol–water partition coefficient (Wildman–Crippen LogP) is 2.94. The number of thioether (sulfide) groups is 1. The molecule has 1 fully saturated rings. The normalized spacial score (nSPS) is 19.4. The van der Waals surface area contributed by atoms with E-state index in [1.54, 1.807) is 38.5 Å². The van der Waals surface area contributed by atoms with E-state index in [4.69, 9.17) is 21.7 Å². The third-order valence-electron chi connectivity index (χ3n) is 5.75. The Hall–Kier alpha value is -2.52. The fraction of sp³-hybridized carbons (Fsp3) is 0.409. The molecule has 2 aromatic rings. The molecular weight excluding hydrogens is 434 g/mol. The molecule has 3 heterocycles. The van der Waals surface area contributed by atoms with Crippen molar-refractivity contribution in [1.29, 1.82) is 0 Å². The zero-order valence-corrected chi connectivity index (χ0v) is 19.1. The topological polar surface area (TPSA) is 72.8 Å². The number of nitrogens with one attached hydrogen (secondary N) is 1. The number of piperidine rings is 1. The fourth-order valence-corrected chi connectivity index (χ4v) is 5.34. The van der Waals surface area contributed by atoms with Gasteiger partial charge in [-0.1, -0.05) is 30.0 Å². The number of anilines is 1. The molecule has 2 bridgehead atoms. The van der Waals surface area contributed by atoms with Crippen LogP contribution in [0, 0.1) is 5.92 Å². The first-order valence-electron chi connectivity index (χ1n) is 10.1. The second kappa shape index (κ2) is 9.32. The van der Waals surface area contributed by atoms with Crippen LogP contribution in [0.15, 0.2) is 41.2 Å². The summed E-state index contributed by atoms with van der Waals surface area (Å²) in [4.78, 5) is 26.8. The van der Waals surface area contributed by atoms with Crippen LogP contribution < -0.4 is 20.3 Å². The largest absolute Gasteiger partial charge is 0.497 e. The van der Waals surface area contributed by atoms with Crippen LogP contribution in [-0.2, 0) is 11.3 Å². The monoisotopic (exact) mass is 459 g/mol. The van der Waals surface area contributed by atoms with E-state index >= 15 is 0 Å². The van der Waals surface area contributed by atoms with Crippen molar-refractivity contribution < 1.29 is 14.3 Å². The predicted molar refractivity (Wildman–Crippen MR) is 126 cm³/mol. The number of pyridine rings is 1. The van der Waals surface area contributed by atoms with Gasteiger partial charge in [0.15, 0.2) is 0 Å². The molecule has 0 unspecified atom stereocenters. The molecule has 7 nitrogen and oxygen atoms in total. The summed E-state index contributed by atoms with van der Waals surface area (Å²) in [5.41, 5.74) is 1.75. The zero-order valence-electron chi connectivity index (χ0n) is 17.5. The van der Waals surface area contributed by atoms with Crippen LogP contribution >= 0.6 is 24.0 Å². The van der Waals surface area contributed by atoms with Gasteiger partial charge in [0.05, 0.1) is 25.7 Å². The molecule has 1 saturated heterocycles. The molecule has 0 aliphatic carbocycles. The van der Waals surface area contributed by atoms with Gasteiger partial charge >= 0.3 is 0 Å². The third kappa shape index (κ3) is 4.72. The van der Waals surface area contributed by atoms with Crippen molar-refractivity contribution in [2.24, 2.45) is 5.92 Å². The van der Waals surface area contributed by atoms with E-state index in [0.717, 1.165) is 36.1 Å². The van der Waals surface area contributed by atoms with E-state index < -0.39 is 0 Å². The van der Waals surface area contributed by atoms with Crippen LogP contribution in [0.25, 0.3) is 0 Å². The van der Waals surface area contributed by atoms with Crippen LogP contribution in [0.2, 0.25) is 0 Å². The Labute approximate surface area is 190 Å². The summed E-state index contributed by atoms with van der Waals surface area (Å²) in [7, 11) is 3.13. The molecular formula is C22H25N3O4S2. The van der Waals surface area contributed by atoms with Crippen LogP contribution in [0.3, 0.4) is 0 Å². The fourth-order valence-electron chi connectivity index (χ4n) is 4.35. The molecule has 1 amide bonds. The number of thiocarbonyl (C=S) groups is 1. The number of fused-ring (bicyclic) bond motifs is 4. The van der Waals surface area contributed by atoms with Crippen molar-refractivity contribution in [1.82, 2.24) is 9.47 Å². The van der Waals surface area contributed by atoms with Gasteiger partial charge in [-0.15, -0.1) is 0 Å². The van der Waals surface area contributed by atoms with E-state index in [1.807, 2.05) is 16.7 Å². The summed E-state index contributed by atoms with van der Waals surface area (Å²) in [6.45, 7) is 2.32. The maximum atomic E-state index is 12.5. The Kier molecular flexibility index (Phi) is 6.52. The lowest BCUT2D eigenvalue weighted by Gasteiger charge is -2.43. The van der Waals surface area contributed by atoms with E-state index in [2.05, 4.69) is 10.2 Å². The van der Waals surface area contributed by atoms with Gasteiger partial charge < -0.3 is 24.3 Å². The van der Waals surface area contributed by atoms with E-state index in [-0.39, 0.29) is 23.1 Å². The minimum absolute atomic E-state index is 0.0724. The van der Waals surface area contributed by atoms with E-state index in [0.29, 0.717) is 23.1 Å². The number of rotatable bonds is 5. The Morgan fingerprint density at radius 1 is 1.19 bits per heavy atom. The highest BCUT2D eigenvalue weighted by molar-refractivity contribution is 8.23. The van der Waals surface area contributed by atoms with E-state index in [1.165, 1.54) is 11.8 Å². The standard InChI is InChI=1S/C22H25N3O4S2/c1-28-16-6-7-17(19(9-16)29-2)23-20(26)13-31-22(30)24-10-14-8-15(12-24)18-4-3-5-21(27)25(18)11-14/h3-7,9,14-15H,8,10-13H2,1-2H3,(H,23,26)/t14-,15+/m0/s1. The Morgan fingerprint density at radius 2 is 2.03 bits per heavy atom. The van der Waals surface area contributed by atoms with Crippen molar-refractivity contribution >= 4 is 39.9 Å². The lowest BCUT2D eigenvalue weighted by Crippen LogP contribution is -2.48. The molecule has 0 saturated carbocycles. The third-order valence-corrected chi connectivity index (χ3v) is 7.27.